The van der Waals surface area contributed by atoms with E-state index in [4.69, 9.17) is 23.2 Å². The number of unbranched alkanes of at least 4 members (excludes halogenated alkanes) is 1. The van der Waals surface area contributed by atoms with Gasteiger partial charge in [-0.3, -0.25) is 9.69 Å². The SMILES string of the molecule is O=C(NCCCCN1CCN(c2cccc(Cl)c2Cl)CC1)[C]1[CH][CH][CH][CH]1.[CH]1[CH][CH][CH][CH]1.[Fe+2]. The van der Waals surface area contributed by atoms with Crippen LogP contribution in [0.4, 0.5) is 5.69 Å². The Morgan fingerprint density at radius 2 is 1.50 bits per heavy atom. The summed E-state index contributed by atoms with van der Waals surface area (Å²) in [5, 5.41) is 4.22. The molecule has 1 heterocycles. The summed E-state index contributed by atoms with van der Waals surface area (Å²) in [6.07, 6.45) is 19.5. The summed E-state index contributed by atoms with van der Waals surface area (Å²) < 4.78 is 0. The fourth-order valence-electron chi connectivity index (χ4n) is 3.56. The monoisotopic (exact) mass is 513 g/mol. The van der Waals surface area contributed by atoms with Gasteiger partial charge in [0.2, 0.25) is 5.91 Å². The van der Waals surface area contributed by atoms with Gasteiger partial charge in [-0.15, -0.1) is 0 Å². The van der Waals surface area contributed by atoms with Crippen LogP contribution in [0.25, 0.3) is 0 Å². The molecule has 2 aliphatic carbocycles. The fourth-order valence-corrected chi connectivity index (χ4v) is 3.97. The molecule has 7 heteroatoms. The van der Waals surface area contributed by atoms with Crippen molar-refractivity contribution in [3.05, 3.63) is 91.9 Å². The molecule has 1 aromatic carbocycles. The van der Waals surface area contributed by atoms with Crippen molar-refractivity contribution in [3.63, 3.8) is 0 Å². The number of rotatable bonds is 7. The van der Waals surface area contributed by atoms with Crippen molar-refractivity contribution < 1.29 is 21.9 Å². The van der Waals surface area contributed by atoms with Crippen molar-refractivity contribution in [3.8, 4) is 0 Å². The number of benzene rings is 1. The van der Waals surface area contributed by atoms with E-state index in [1.165, 1.54) is 0 Å². The van der Waals surface area contributed by atoms with Gasteiger partial charge < -0.3 is 10.2 Å². The zero-order valence-electron chi connectivity index (χ0n) is 18.0. The van der Waals surface area contributed by atoms with Gasteiger partial charge in [0.25, 0.3) is 0 Å². The van der Waals surface area contributed by atoms with Gasteiger partial charge in [0.05, 0.1) is 21.7 Å². The average Bonchev–Trinajstić information content (AvgIpc) is 3.53. The Morgan fingerprint density at radius 1 is 0.875 bits per heavy atom. The standard InChI is InChI=1S/C20H24Cl2N3O.C5H5.Fe/c21-17-8-5-9-18(19(17)22)25-14-12-24(13-15-25)11-4-3-10-23-20(26)16-6-1-2-7-16;1-2-4-5-3-1;/h1-2,5-9H,3-4,10-15H2,(H,23,26);1-5H;/q;;+2. The van der Waals surface area contributed by atoms with E-state index in [2.05, 4.69) is 15.1 Å². The fraction of sp³-hybridized carbons (Fsp3) is 0.320. The second-order valence-corrected chi connectivity index (χ2v) is 8.29. The number of carbonyl (C=O) groups excluding carboxylic acids is 1. The molecule has 0 atom stereocenters. The minimum absolute atomic E-state index is 0. The van der Waals surface area contributed by atoms with E-state index in [-0.39, 0.29) is 23.0 Å². The molecule has 4 rings (SSSR count). The predicted octanol–water partition coefficient (Wildman–Crippen LogP) is 4.44. The van der Waals surface area contributed by atoms with Gasteiger partial charge in [-0.05, 0) is 89.3 Å². The summed E-state index contributed by atoms with van der Waals surface area (Å²) in [6.45, 7) is 5.72. The topological polar surface area (TPSA) is 35.6 Å². The molecule has 3 aliphatic rings. The molecule has 0 aromatic heterocycles. The number of carbonyl (C=O) groups is 1. The molecule has 1 saturated heterocycles. The third kappa shape index (κ3) is 9.06. The minimum atomic E-state index is 0. The Labute approximate surface area is 215 Å². The number of halogens is 2. The van der Waals surface area contributed by atoms with Gasteiger partial charge in [0.15, 0.2) is 0 Å². The summed E-state index contributed by atoms with van der Waals surface area (Å²) in [5.74, 6) is 0.753. The number of amides is 1. The zero-order valence-corrected chi connectivity index (χ0v) is 20.6. The molecule has 0 bridgehead atoms. The molecule has 1 N–H and O–H groups in total. The van der Waals surface area contributed by atoms with Crippen molar-refractivity contribution in [2.75, 3.05) is 44.2 Å². The van der Waals surface area contributed by atoms with E-state index in [1.54, 1.807) is 0 Å². The van der Waals surface area contributed by atoms with Gasteiger partial charge in [0.1, 0.15) is 0 Å². The molecule has 1 amide bonds. The maximum atomic E-state index is 11.8. The summed E-state index contributed by atoms with van der Waals surface area (Å²) in [4.78, 5) is 16.6. The van der Waals surface area contributed by atoms with Crippen LogP contribution >= 0.6 is 23.2 Å². The average molecular weight is 514 g/mol. The van der Waals surface area contributed by atoms with Crippen molar-refractivity contribution in [2.24, 2.45) is 0 Å². The van der Waals surface area contributed by atoms with Crippen LogP contribution in [-0.2, 0) is 21.9 Å². The van der Waals surface area contributed by atoms with E-state index < -0.39 is 0 Å². The second-order valence-electron chi connectivity index (χ2n) is 7.50. The van der Waals surface area contributed by atoms with Crippen LogP contribution in [0.5, 0.6) is 0 Å². The minimum Gasteiger partial charge on any atom is -0.368 e. The van der Waals surface area contributed by atoms with Gasteiger partial charge in [-0.2, -0.15) is 0 Å². The molecule has 1 aliphatic heterocycles. The zero-order chi connectivity index (χ0) is 21.9. The Hall–Kier alpha value is -0.451. The molecule has 170 valence electrons. The Morgan fingerprint density at radius 3 is 2.12 bits per heavy atom. The van der Waals surface area contributed by atoms with E-state index in [0.717, 1.165) is 63.7 Å². The molecule has 0 unspecified atom stereocenters. The third-order valence-electron chi connectivity index (χ3n) is 5.31. The first-order chi connectivity index (χ1) is 15.1. The van der Waals surface area contributed by atoms with Gasteiger partial charge in [-0.25, -0.2) is 0 Å². The van der Waals surface area contributed by atoms with Crippen LogP contribution in [0, 0.1) is 63.7 Å². The van der Waals surface area contributed by atoms with E-state index >= 15 is 0 Å². The predicted molar refractivity (Wildman–Crippen MR) is 129 cm³/mol. The first-order valence-corrected chi connectivity index (χ1v) is 11.5. The normalized spacial score (nSPS) is 19.2. The quantitative estimate of drug-likeness (QED) is 0.432. The third-order valence-corrected chi connectivity index (χ3v) is 6.12. The Kier molecular flexibility index (Phi) is 13.4. The number of nitrogens with one attached hydrogen (secondary N) is 1. The summed E-state index contributed by atoms with van der Waals surface area (Å²) in [5.41, 5.74) is 1.02. The van der Waals surface area contributed by atoms with Crippen molar-refractivity contribution in [1.82, 2.24) is 10.2 Å². The summed E-state index contributed by atoms with van der Waals surface area (Å²) >= 11 is 12.4. The number of nitrogens with zero attached hydrogens (tertiary/aromatic N) is 2. The first kappa shape index (κ1) is 27.8. The number of piperazine rings is 1. The first-order valence-electron chi connectivity index (χ1n) is 10.7. The van der Waals surface area contributed by atoms with Crippen molar-refractivity contribution >= 4 is 34.8 Å². The molecule has 1 aromatic rings. The smallest absolute Gasteiger partial charge is 0.368 e. The number of anilines is 1. The van der Waals surface area contributed by atoms with Crippen LogP contribution < -0.4 is 10.2 Å². The van der Waals surface area contributed by atoms with Gasteiger partial charge >= 0.3 is 17.1 Å². The van der Waals surface area contributed by atoms with Crippen molar-refractivity contribution in [1.29, 1.82) is 0 Å². The van der Waals surface area contributed by atoms with Gasteiger partial charge in [-0.1, -0.05) is 29.3 Å². The second kappa shape index (κ2) is 15.5. The number of hydrogen-bond acceptors (Lipinski definition) is 3. The summed E-state index contributed by atoms with van der Waals surface area (Å²) in [7, 11) is 0. The van der Waals surface area contributed by atoms with Gasteiger partial charge in [0, 0.05) is 32.7 Å². The van der Waals surface area contributed by atoms with Crippen LogP contribution in [-0.4, -0.2) is 50.1 Å². The Bertz CT molecular complexity index is 666. The molecule has 4 nitrogen and oxygen atoms in total. The van der Waals surface area contributed by atoms with Crippen LogP contribution in [0.3, 0.4) is 0 Å². The van der Waals surface area contributed by atoms with E-state index in [9.17, 15) is 4.79 Å². The molecule has 2 saturated carbocycles. The summed E-state index contributed by atoms with van der Waals surface area (Å²) in [6, 6.07) is 5.79. The van der Waals surface area contributed by atoms with E-state index in [1.807, 2.05) is 76.0 Å². The van der Waals surface area contributed by atoms with E-state index in [0.29, 0.717) is 10.0 Å². The molecular formula is C25H29Cl2FeN3O+2. The maximum absolute atomic E-state index is 11.8. The van der Waals surface area contributed by atoms with Crippen LogP contribution in [0.2, 0.25) is 10.0 Å². The molecular weight excluding hydrogens is 485 g/mol. The molecule has 10 radical (unpaired) electrons. The van der Waals surface area contributed by atoms with Crippen molar-refractivity contribution in [2.45, 2.75) is 12.8 Å². The molecule has 0 spiro atoms. The number of hydrogen-bond donors (Lipinski definition) is 1. The molecule has 3 fully saturated rings. The molecule has 32 heavy (non-hydrogen) atoms. The maximum Gasteiger partial charge on any atom is 2.00 e. The Balaban J connectivity index is 0.000000534. The van der Waals surface area contributed by atoms with Crippen LogP contribution in [0.15, 0.2) is 18.2 Å². The van der Waals surface area contributed by atoms with Crippen LogP contribution in [0.1, 0.15) is 12.8 Å². The largest absolute Gasteiger partial charge is 2.00 e.